The van der Waals surface area contributed by atoms with Crippen molar-refractivity contribution in [3.8, 4) is 11.8 Å². The van der Waals surface area contributed by atoms with Crippen LogP contribution in [0.3, 0.4) is 0 Å². The van der Waals surface area contributed by atoms with Gasteiger partial charge in [-0.2, -0.15) is 5.26 Å². The summed E-state index contributed by atoms with van der Waals surface area (Å²) >= 11 is 0. The van der Waals surface area contributed by atoms with Crippen molar-refractivity contribution < 1.29 is 9.90 Å². The van der Waals surface area contributed by atoms with E-state index in [9.17, 15) is 15.2 Å². The van der Waals surface area contributed by atoms with Crippen LogP contribution in [0.5, 0.6) is 0 Å². The lowest BCUT2D eigenvalue weighted by molar-refractivity contribution is 0.0963. The zero-order valence-electron chi connectivity index (χ0n) is 20.8. The quantitative estimate of drug-likeness (QED) is 0.435. The standard InChI is InChI=1S/C28H27N7O2/c1-28(2)13-18-12-23-27(37)34(11-10-33(23)24(18)14-28)21-6-5-7-22(20(21)17-36)35-16-19(15-29)26(32-35)31-25-8-3-4-9-30-25/h3-9,12,16,36H,10-11,13-14,17H2,1-2H3,(H,30,31,32). The number of aliphatic hydroxyl groups excluding tert-OH is 1. The fraction of sp³-hybridized carbons (Fsp3) is 0.286. The second-order valence-electron chi connectivity index (χ2n) is 10.3. The van der Waals surface area contributed by atoms with Gasteiger partial charge in [0.15, 0.2) is 5.82 Å². The Kier molecular flexibility index (Phi) is 5.35. The zero-order chi connectivity index (χ0) is 25.7. The second-order valence-corrected chi connectivity index (χ2v) is 10.3. The van der Waals surface area contributed by atoms with Crippen molar-refractivity contribution in [2.75, 3.05) is 16.8 Å². The van der Waals surface area contributed by atoms with Gasteiger partial charge in [0.1, 0.15) is 23.1 Å². The third-order valence-corrected chi connectivity index (χ3v) is 7.19. The molecule has 6 rings (SSSR count). The van der Waals surface area contributed by atoms with Crippen molar-refractivity contribution in [3.63, 3.8) is 0 Å². The number of carbonyl (C=O) groups is 1. The van der Waals surface area contributed by atoms with Crippen LogP contribution in [0.1, 0.15) is 46.7 Å². The molecule has 9 heteroatoms. The highest BCUT2D eigenvalue weighted by Crippen LogP contribution is 2.40. The summed E-state index contributed by atoms with van der Waals surface area (Å²) in [5, 5.41) is 27.7. The smallest absolute Gasteiger partial charge is 0.274 e. The van der Waals surface area contributed by atoms with Crippen LogP contribution in [0.2, 0.25) is 0 Å². The normalized spacial score (nSPS) is 15.8. The van der Waals surface area contributed by atoms with Crippen molar-refractivity contribution in [2.45, 2.75) is 39.8 Å². The lowest BCUT2D eigenvalue weighted by Gasteiger charge is -2.31. The number of aliphatic hydroxyl groups is 1. The third kappa shape index (κ3) is 3.86. The molecule has 0 spiro atoms. The van der Waals surface area contributed by atoms with Gasteiger partial charge in [0.25, 0.3) is 5.91 Å². The van der Waals surface area contributed by atoms with Crippen LogP contribution in [0, 0.1) is 16.7 Å². The summed E-state index contributed by atoms with van der Waals surface area (Å²) in [5.41, 5.74) is 5.62. The van der Waals surface area contributed by atoms with Gasteiger partial charge >= 0.3 is 0 Å². The van der Waals surface area contributed by atoms with Crippen molar-refractivity contribution in [2.24, 2.45) is 5.41 Å². The highest BCUT2D eigenvalue weighted by molar-refractivity contribution is 6.06. The Hall–Kier alpha value is -4.42. The van der Waals surface area contributed by atoms with Crippen molar-refractivity contribution in [1.29, 1.82) is 5.26 Å². The van der Waals surface area contributed by atoms with E-state index in [0.717, 1.165) is 12.8 Å². The van der Waals surface area contributed by atoms with E-state index in [4.69, 9.17) is 0 Å². The fourth-order valence-electron chi connectivity index (χ4n) is 5.56. The van der Waals surface area contributed by atoms with E-state index < -0.39 is 0 Å². The molecule has 1 amide bonds. The monoisotopic (exact) mass is 493 g/mol. The number of nitrogens with zero attached hydrogens (tertiary/aromatic N) is 6. The predicted molar refractivity (Wildman–Crippen MR) is 139 cm³/mol. The number of benzene rings is 1. The summed E-state index contributed by atoms with van der Waals surface area (Å²) in [6.07, 6.45) is 5.21. The minimum Gasteiger partial charge on any atom is -0.392 e. The maximum Gasteiger partial charge on any atom is 0.274 e. The molecule has 186 valence electrons. The number of aromatic nitrogens is 4. The van der Waals surface area contributed by atoms with E-state index in [2.05, 4.69) is 39.9 Å². The molecule has 0 atom stereocenters. The van der Waals surface area contributed by atoms with E-state index >= 15 is 0 Å². The molecule has 4 aromatic rings. The molecule has 0 saturated heterocycles. The highest BCUT2D eigenvalue weighted by Gasteiger charge is 2.37. The minimum atomic E-state index is -0.286. The highest BCUT2D eigenvalue weighted by atomic mass is 16.3. The molecule has 0 radical (unpaired) electrons. The van der Waals surface area contributed by atoms with Gasteiger partial charge in [0.05, 0.1) is 24.2 Å². The number of pyridine rings is 1. The Bertz CT molecular complexity index is 1560. The van der Waals surface area contributed by atoms with Gasteiger partial charge in [-0.15, -0.1) is 5.10 Å². The van der Waals surface area contributed by atoms with E-state index in [1.54, 1.807) is 34.1 Å². The molecule has 9 nitrogen and oxygen atoms in total. The number of fused-ring (bicyclic) bond motifs is 3. The first kappa shape index (κ1) is 23.0. The molecule has 2 N–H and O–H groups in total. The summed E-state index contributed by atoms with van der Waals surface area (Å²) in [5.74, 6) is 0.860. The first-order chi connectivity index (χ1) is 17.9. The van der Waals surface area contributed by atoms with Gasteiger partial charge in [-0.1, -0.05) is 26.0 Å². The zero-order valence-corrected chi connectivity index (χ0v) is 20.8. The Morgan fingerprint density at radius 2 is 1.97 bits per heavy atom. The average molecular weight is 494 g/mol. The van der Waals surface area contributed by atoms with Crippen LogP contribution in [0.4, 0.5) is 17.3 Å². The SMILES string of the molecule is CC1(C)Cc2cc3n(c2C1)CCN(c1cccc(-n2cc(C#N)c(Nc4ccccn4)n2)c1CO)C3=O. The molecular formula is C28H27N7O2. The second kappa shape index (κ2) is 8.61. The summed E-state index contributed by atoms with van der Waals surface area (Å²) < 4.78 is 3.74. The molecule has 4 heterocycles. The molecule has 37 heavy (non-hydrogen) atoms. The number of nitrogens with one attached hydrogen (secondary N) is 1. The predicted octanol–water partition coefficient (Wildman–Crippen LogP) is 3.96. The number of amides is 1. The van der Waals surface area contributed by atoms with E-state index in [0.29, 0.717) is 52.9 Å². The maximum atomic E-state index is 13.6. The number of carbonyl (C=O) groups excluding carboxylic acids is 1. The van der Waals surface area contributed by atoms with Crippen LogP contribution in [-0.4, -0.2) is 36.9 Å². The lowest BCUT2D eigenvalue weighted by Crippen LogP contribution is -2.41. The average Bonchev–Trinajstić information content (AvgIpc) is 3.54. The van der Waals surface area contributed by atoms with E-state index in [1.807, 2.05) is 30.3 Å². The van der Waals surface area contributed by atoms with Crippen molar-refractivity contribution in [1.82, 2.24) is 19.3 Å². The molecule has 3 aromatic heterocycles. The van der Waals surface area contributed by atoms with Gasteiger partial charge in [-0.25, -0.2) is 9.67 Å². The number of nitriles is 1. The molecule has 1 aromatic carbocycles. The first-order valence-electron chi connectivity index (χ1n) is 12.3. The topological polar surface area (TPSA) is 112 Å². The van der Waals surface area contributed by atoms with Gasteiger partial charge in [0, 0.05) is 30.5 Å². The van der Waals surface area contributed by atoms with Crippen LogP contribution in [0.25, 0.3) is 5.69 Å². The summed E-state index contributed by atoms with van der Waals surface area (Å²) in [6, 6.07) is 15.2. The van der Waals surface area contributed by atoms with E-state index in [-0.39, 0.29) is 17.9 Å². The molecule has 0 saturated carbocycles. The molecular weight excluding hydrogens is 466 g/mol. The molecule has 1 aliphatic carbocycles. The Morgan fingerprint density at radius 3 is 2.73 bits per heavy atom. The largest absolute Gasteiger partial charge is 0.392 e. The van der Waals surface area contributed by atoms with Gasteiger partial charge < -0.3 is 19.9 Å². The fourth-order valence-corrected chi connectivity index (χ4v) is 5.56. The van der Waals surface area contributed by atoms with Crippen molar-refractivity contribution >= 4 is 23.2 Å². The molecule has 0 unspecified atom stereocenters. The van der Waals surface area contributed by atoms with Gasteiger partial charge in [-0.3, -0.25) is 4.79 Å². The lowest BCUT2D eigenvalue weighted by atomic mass is 9.90. The van der Waals surface area contributed by atoms with Gasteiger partial charge in [-0.05, 0) is 54.2 Å². The van der Waals surface area contributed by atoms with Crippen LogP contribution < -0.4 is 10.2 Å². The Labute approximate surface area is 214 Å². The summed E-state index contributed by atoms with van der Waals surface area (Å²) in [4.78, 5) is 19.6. The van der Waals surface area contributed by atoms with Crippen LogP contribution >= 0.6 is 0 Å². The molecule has 1 aliphatic heterocycles. The number of hydrogen-bond donors (Lipinski definition) is 2. The Balaban J connectivity index is 1.35. The maximum absolute atomic E-state index is 13.6. The van der Waals surface area contributed by atoms with E-state index in [1.165, 1.54) is 11.3 Å². The van der Waals surface area contributed by atoms with Gasteiger partial charge in [0.2, 0.25) is 0 Å². The molecule has 0 fully saturated rings. The number of anilines is 3. The first-order valence-corrected chi connectivity index (χ1v) is 12.3. The summed E-state index contributed by atoms with van der Waals surface area (Å²) in [6.45, 7) is 5.46. The molecule has 0 bridgehead atoms. The Morgan fingerprint density at radius 1 is 1.14 bits per heavy atom. The van der Waals surface area contributed by atoms with Crippen LogP contribution in [0.15, 0.2) is 54.9 Å². The minimum absolute atomic E-state index is 0.0685. The third-order valence-electron chi connectivity index (χ3n) is 7.19. The van der Waals surface area contributed by atoms with Crippen molar-refractivity contribution in [3.05, 3.63) is 82.9 Å². The summed E-state index contributed by atoms with van der Waals surface area (Å²) in [7, 11) is 0. The van der Waals surface area contributed by atoms with Crippen LogP contribution in [-0.2, 0) is 26.0 Å². The molecule has 2 aliphatic rings. The number of rotatable bonds is 5. The number of hydrogen-bond acceptors (Lipinski definition) is 6.